The van der Waals surface area contributed by atoms with Crippen molar-refractivity contribution in [3.05, 3.63) is 176 Å². The molecule has 258 valence electrons. The third-order valence-corrected chi connectivity index (χ3v) is 10.8. The monoisotopic (exact) mass is 707 g/mol. The Morgan fingerprint density at radius 2 is 1.16 bits per heavy atom. The Morgan fingerprint density at radius 1 is 0.436 bits per heavy atom. The van der Waals surface area contributed by atoms with Crippen LogP contribution in [0.3, 0.4) is 0 Å². The van der Waals surface area contributed by atoms with E-state index in [1.807, 2.05) is 54.6 Å². The molecule has 8 aromatic carbocycles. The van der Waals surface area contributed by atoms with E-state index in [1.54, 1.807) is 0 Å². The summed E-state index contributed by atoms with van der Waals surface area (Å²) in [6.45, 7) is 0. The Balaban J connectivity index is 1.10. The van der Waals surface area contributed by atoms with E-state index >= 15 is 0 Å². The van der Waals surface area contributed by atoms with Gasteiger partial charge >= 0.3 is 0 Å². The zero-order valence-electron chi connectivity index (χ0n) is 29.3. The van der Waals surface area contributed by atoms with Crippen LogP contribution in [0.25, 0.3) is 93.9 Å². The first-order chi connectivity index (χ1) is 27.3. The maximum atomic E-state index is 6.66. The van der Waals surface area contributed by atoms with Crippen molar-refractivity contribution < 1.29 is 13.3 Å². The second-order valence-electron chi connectivity index (χ2n) is 13.9. The van der Waals surface area contributed by atoms with Gasteiger partial charge in [-0.05, 0) is 84.9 Å². The van der Waals surface area contributed by atoms with Crippen molar-refractivity contribution in [3.8, 4) is 17.1 Å². The van der Waals surface area contributed by atoms with Gasteiger partial charge in [-0.15, -0.1) is 0 Å². The van der Waals surface area contributed by atoms with Crippen molar-refractivity contribution >= 4 is 93.8 Å². The molecule has 0 atom stereocenters. The molecule has 0 saturated heterocycles. The Bertz CT molecular complexity index is 3440. The number of hydrogen-bond acceptors (Lipinski definition) is 5. The van der Waals surface area contributed by atoms with Crippen molar-refractivity contribution in [2.24, 2.45) is 0 Å². The Morgan fingerprint density at radius 3 is 2.05 bits per heavy atom. The van der Waals surface area contributed by atoms with Crippen LogP contribution in [0.15, 0.2) is 189 Å². The van der Waals surface area contributed by atoms with Gasteiger partial charge in [-0.2, -0.15) is 0 Å². The second kappa shape index (κ2) is 11.5. The quantitative estimate of drug-likeness (QED) is 0.178. The first-order valence-electron chi connectivity index (χ1n) is 18.4. The third kappa shape index (κ3) is 4.46. The van der Waals surface area contributed by atoms with Gasteiger partial charge in [0.1, 0.15) is 22.3 Å². The number of anilines is 3. The average Bonchev–Trinajstić information content (AvgIpc) is 4.02. The van der Waals surface area contributed by atoms with Crippen molar-refractivity contribution in [3.63, 3.8) is 0 Å². The molecule has 6 heteroatoms. The lowest BCUT2D eigenvalue weighted by molar-refractivity contribution is 0.622. The van der Waals surface area contributed by atoms with Gasteiger partial charge in [-0.3, -0.25) is 0 Å². The molecule has 0 saturated carbocycles. The molecule has 0 aliphatic rings. The van der Waals surface area contributed by atoms with E-state index in [2.05, 4.69) is 131 Å². The van der Waals surface area contributed by atoms with Gasteiger partial charge in [0.15, 0.2) is 11.2 Å². The minimum absolute atomic E-state index is 0.586. The summed E-state index contributed by atoms with van der Waals surface area (Å²) in [5.74, 6) is 0.586. The van der Waals surface area contributed by atoms with E-state index in [4.69, 9.17) is 18.2 Å². The fraction of sp³-hybridized carbons (Fsp3) is 0. The van der Waals surface area contributed by atoms with Gasteiger partial charge < -0.3 is 22.7 Å². The minimum atomic E-state index is 0.586. The zero-order chi connectivity index (χ0) is 36.0. The molecule has 4 aromatic heterocycles. The molecule has 0 amide bonds. The van der Waals surface area contributed by atoms with E-state index in [0.717, 1.165) is 94.1 Å². The molecule has 0 spiro atoms. The summed E-state index contributed by atoms with van der Waals surface area (Å²) >= 11 is 0. The predicted octanol–water partition coefficient (Wildman–Crippen LogP) is 13.9. The first-order valence-corrected chi connectivity index (χ1v) is 18.4. The zero-order valence-corrected chi connectivity index (χ0v) is 29.3. The topological polar surface area (TPSA) is 60.5 Å². The van der Waals surface area contributed by atoms with Crippen molar-refractivity contribution in [1.29, 1.82) is 0 Å². The lowest BCUT2D eigenvalue weighted by Gasteiger charge is -2.25. The van der Waals surface area contributed by atoms with E-state index in [9.17, 15) is 0 Å². The number of fused-ring (bicyclic) bond motifs is 11. The number of rotatable bonds is 5. The molecular formula is C49H29N3O3. The molecule has 12 aromatic rings. The Labute approximate surface area is 313 Å². The largest absolute Gasteiger partial charge is 0.456 e. The summed E-state index contributed by atoms with van der Waals surface area (Å²) < 4.78 is 22.1. The standard InChI is InChI=1S/C49H29N3O3/c1-3-12-30(13-4-1)49-50-39-25-27-44-46(48(39)55-49)37-24-22-33(29-45(37)53-44)51(42-20-11-18-36-35-17-8-10-21-43(35)54-47(36)42)32-23-26-41-38(28-32)34-16-7-9-19-40(34)52(41)31-14-5-2-6-15-31/h1-29H. The molecule has 0 radical (unpaired) electrons. The van der Waals surface area contributed by atoms with Crippen LogP contribution in [0, 0.1) is 0 Å². The molecule has 0 fully saturated rings. The number of nitrogens with zero attached hydrogens (tertiary/aromatic N) is 3. The van der Waals surface area contributed by atoms with Crippen LogP contribution in [0.2, 0.25) is 0 Å². The van der Waals surface area contributed by atoms with Gasteiger partial charge in [0, 0.05) is 49.9 Å². The Hall–Kier alpha value is -7.57. The van der Waals surface area contributed by atoms with Gasteiger partial charge in [-0.1, -0.05) is 84.9 Å². The highest BCUT2D eigenvalue weighted by Crippen LogP contribution is 2.46. The molecule has 6 nitrogen and oxygen atoms in total. The van der Waals surface area contributed by atoms with E-state index in [-0.39, 0.29) is 0 Å². The SMILES string of the molecule is c1ccc(-c2nc3ccc4oc5cc(N(c6ccc7c(c6)c6ccccc6n7-c6ccccc6)c6cccc7c6oc6ccccc67)ccc5c4c3o2)cc1. The van der Waals surface area contributed by atoms with Crippen LogP contribution >= 0.6 is 0 Å². The molecule has 0 aliphatic carbocycles. The van der Waals surface area contributed by atoms with Crippen molar-refractivity contribution in [2.75, 3.05) is 4.90 Å². The average molecular weight is 708 g/mol. The number of furan rings is 2. The molecule has 55 heavy (non-hydrogen) atoms. The normalized spacial score (nSPS) is 12.0. The van der Waals surface area contributed by atoms with Gasteiger partial charge in [0.25, 0.3) is 0 Å². The maximum Gasteiger partial charge on any atom is 0.227 e. The molecular weight excluding hydrogens is 679 g/mol. The fourth-order valence-corrected chi connectivity index (χ4v) is 8.37. The highest BCUT2D eigenvalue weighted by molar-refractivity contribution is 6.18. The number of para-hydroxylation sites is 4. The predicted molar refractivity (Wildman–Crippen MR) is 223 cm³/mol. The lowest BCUT2D eigenvalue weighted by atomic mass is 10.1. The van der Waals surface area contributed by atoms with Crippen LogP contribution in [0.1, 0.15) is 0 Å². The minimum Gasteiger partial charge on any atom is -0.456 e. The highest BCUT2D eigenvalue weighted by Gasteiger charge is 2.23. The second-order valence-corrected chi connectivity index (χ2v) is 13.9. The van der Waals surface area contributed by atoms with Gasteiger partial charge in [0.05, 0.1) is 27.8 Å². The summed E-state index contributed by atoms with van der Waals surface area (Å²) in [6, 6.07) is 60.8. The summed E-state index contributed by atoms with van der Waals surface area (Å²) in [4.78, 5) is 7.11. The van der Waals surface area contributed by atoms with Crippen LogP contribution in [-0.2, 0) is 0 Å². The molecule has 0 aliphatic heterocycles. The Kier molecular flexibility index (Phi) is 6.24. The van der Waals surface area contributed by atoms with Gasteiger partial charge in [-0.25, -0.2) is 4.98 Å². The molecule has 12 rings (SSSR count). The summed E-state index contributed by atoms with van der Waals surface area (Å²) in [5.41, 5.74) is 11.9. The van der Waals surface area contributed by atoms with Crippen molar-refractivity contribution in [2.45, 2.75) is 0 Å². The number of hydrogen-bond donors (Lipinski definition) is 0. The maximum absolute atomic E-state index is 6.66. The molecule has 4 heterocycles. The van der Waals surface area contributed by atoms with E-state index in [1.165, 1.54) is 5.39 Å². The summed E-state index contributed by atoms with van der Waals surface area (Å²) in [6.07, 6.45) is 0. The smallest absolute Gasteiger partial charge is 0.227 e. The van der Waals surface area contributed by atoms with Crippen LogP contribution in [0.5, 0.6) is 0 Å². The number of benzene rings is 8. The van der Waals surface area contributed by atoms with Gasteiger partial charge in [0.2, 0.25) is 5.89 Å². The molecule has 0 unspecified atom stereocenters. The highest BCUT2D eigenvalue weighted by atomic mass is 16.4. The van der Waals surface area contributed by atoms with E-state index < -0.39 is 0 Å². The van der Waals surface area contributed by atoms with Crippen LogP contribution in [-0.4, -0.2) is 9.55 Å². The lowest BCUT2D eigenvalue weighted by Crippen LogP contribution is -2.10. The fourth-order valence-electron chi connectivity index (χ4n) is 8.37. The van der Waals surface area contributed by atoms with Crippen LogP contribution < -0.4 is 4.90 Å². The first kappa shape index (κ1) is 29.9. The molecule has 0 bridgehead atoms. The number of oxazole rings is 1. The van der Waals surface area contributed by atoms with Crippen molar-refractivity contribution in [1.82, 2.24) is 9.55 Å². The van der Waals surface area contributed by atoms with E-state index in [0.29, 0.717) is 11.5 Å². The molecule has 0 N–H and O–H groups in total. The third-order valence-electron chi connectivity index (χ3n) is 10.8. The number of aromatic nitrogens is 2. The summed E-state index contributed by atoms with van der Waals surface area (Å²) in [5, 5.41) is 6.36. The van der Waals surface area contributed by atoms with Crippen LogP contribution in [0.4, 0.5) is 17.1 Å². The summed E-state index contributed by atoms with van der Waals surface area (Å²) in [7, 11) is 0.